The highest BCUT2D eigenvalue weighted by molar-refractivity contribution is 6.01. The summed E-state index contributed by atoms with van der Waals surface area (Å²) < 4.78 is 1.40. The molecule has 2 heterocycles. The molecule has 0 aliphatic rings. The molecule has 4 rings (SSSR count). The van der Waals surface area contributed by atoms with Gasteiger partial charge < -0.3 is 0 Å². The molecule has 6 heteroatoms. The molecule has 0 fully saturated rings. The number of fused-ring (bicyclic) bond motifs is 3. The first-order valence-corrected chi connectivity index (χ1v) is 7.94. The van der Waals surface area contributed by atoms with Crippen molar-refractivity contribution in [3.05, 3.63) is 76.2 Å². The third kappa shape index (κ3) is 2.26. The van der Waals surface area contributed by atoms with Gasteiger partial charge in [0.25, 0.3) is 5.56 Å². The summed E-state index contributed by atoms with van der Waals surface area (Å²) in [6.45, 7) is 1.40. The molecule has 2 aromatic heterocycles. The van der Waals surface area contributed by atoms with Gasteiger partial charge in [-0.2, -0.15) is 15.3 Å². The van der Waals surface area contributed by atoms with E-state index < -0.39 is 5.56 Å². The summed E-state index contributed by atoms with van der Waals surface area (Å²) >= 11 is 0. The topological polar surface area (TPSA) is 88.1 Å². The lowest BCUT2D eigenvalue weighted by Crippen LogP contribution is -2.17. The Kier molecular flexibility index (Phi) is 3.55. The SMILES string of the molecule is CC(=O)c1nn2c(nc(=O)c3ccccc32)c(C#N)c1-c1ccccc1. The summed E-state index contributed by atoms with van der Waals surface area (Å²) in [5.41, 5.74) is 1.58. The van der Waals surface area contributed by atoms with Crippen LogP contribution in [-0.2, 0) is 0 Å². The average Bonchev–Trinajstić information content (AvgIpc) is 2.67. The molecule has 0 aliphatic heterocycles. The van der Waals surface area contributed by atoms with Crippen LogP contribution in [-0.4, -0.2) is 20.4 Å². The van der Waals surface area contributed by atoms with Crippen molar-refractivity contribution in [3.63, 3.8) is 0 Å². The van der Waals surface area contributed by atoms with Crippen LogP contribution in [0.3, 0.4) is 0 Å². The Labute approximate surface area is 148 Å². The Balaban J connectivity index is 2.28. The predicted molar refractivity (Wildman–Crippen MR) is 96.9 cm³/mol. The molecular weight excluding hydrogens is 328 g/mol. The summed E-state index contributed by atoms with van der Waals surface area (Å²) in [5.74, 6) is -0.273. The normalized spacial score (nSPS) is 10.8. The Hall–Kier alpha value is -3.85. The van der Waals surface area contributed by atoms with E-state index in [0.717, 1.165) is 0 Å². The smallest absolute Gasteiger partial charge is 0.281 e. The Morgan fingerprint density at radius 2 is 1.77 bits per heavy atom. The molecule has 2 aromatic carbocycles. The van der Waals surface area contributed by atoms with Crippen molar-refractivity contribution < 1.29 is 4.79 Å². The number of Topliss-reactive ketones (excluding diaryl/α,β-unsaturated/α-hetero) is 1. The second kappa shape index (κ2) is 5.90. The van der Waals surface area contributed by atoms with Crippen LogP contribution in [0, 0.1) is 11.3 Å². The van der Waals surface area contributed by atoms with Crippen LogP contribution in [0.1, 0.15) is 23.0 Å². The Bertz CT molecular complexity index is 1280. The maximum Gasteiger partial charge on any atom is 0.281 e. The van der Waals surface area contributed by atoms with Crippen molar-refractivity contribution in [1.82, 2.24) is 14.6 Å². The van der Waals surface area contributed by atoms with Gasteiger partial charge in [0.15, 0.2) is 11.4 Å². The predicted octanol–water partition coefficient (Wildman–Crippen LogP) is 2.98. The fraction of sp³-hybridized carbons (Fsp3) is 0.0500. The van der Waals surface area contributed by atoms with Gasteiger partial charge in [-0.15, -0.1) is 0 Å². The maximum absolute atomic E-state index is 12.4. The van der Waals surface area contributed by atoms with Crippen LogP contribution >= 0.6 is 0 Å². The molecule has 0 atom stereocenters. The fourth-order valence-electron chi connectivity index (χ4n) is 3.04. The average molecular weight is 340 g/mol. The van der Waals surface area contributed by atoms with Gasteiger partial charge in [-0.05, 0) is 17.7 Å². The fourth-order valence-corrected chi connectivity index (χ4v) is 3.04. The molecule has 0 unspecified atom stereocenters. The first-order chi connectivity index (χ1) is 12.6. The third-order valence-electron chi connectivity index (χ3n) is 4.19. The summed E-state index contributed by atoms with van der Waals surface area (Å²) in [5, 5.41) is 14.6. The van der Waals surface area contributed by atoms with Crippen molar-refractivity contribution in [1.29, 1.82) is 5.26 Å². The lowest BCUT2D eigenvalue weighted by atomic mass is 9.98. The van der Waals surface area contributed by atoms with E-state index in [1.165, 1.54) is 11.4 Å². The van der Waals surface area contributed by atoms with E-state index in [1.807, 2.05) is 18.2 Å². The van der Waals surface area contributed by atoms with Gasteiger partial charge in [-0.1, -0.05) is 42.5 Å². The van der Waals surface area contributed by atoms with E-state index in [-0.39, 0.29) is 22.7 Å². The van der Waals surface area contributed by atoms with Gasteiger partial charge in [0, 0.05) is 12.5 Å². The van der Waals surface area contributed by atoms with Crippen LogP contribution in [0.25, 0.3) is 27.7 Å². The highest BCUT2D eigenvalue weighted by Crippen LogP contribution is 2.29. The van der Waals surface area contributed by atoms with Crippen molar-refractivity contribution in [3.8, 4) is 17.2 Å². The minimum atomic E-state index is -0.437. The zero-order valence-electron chi connectivity index (χ0n) is 13.8. The van der Waals surface area contributed by atoms with Crippen LogP contribution in [0.5, 0.6) is 0 Å². The second-order valence-corrected chi connectivity index (χ2v) is 5.80. The van der Waals surface area contributed by atoms with Gasteiger partial charge in [0.1, 0.15) is 17.3 Å². The molecule has 6 nitrogen and oxygen atoms in total. The van der Waals surface area contributed by atoms with Crippen molar-refractivity contribution in [2.45, 2.75) is 6.92 Å². The van der Waals surface area contributed by atoms with E-state index >= 15 is 0 Å². The highest BCUT2D eigenvalue weighted by atomic mass is 16.1. The van der Waals surface area contributed by atoms with Crippen molar-refractivity contribution in [2.75, 3.05) is 0 Å². The number of carbonyl (C=O) groups excluding carboxylic acids is 1. The number of hydrogen-bond donors (Lipinski definition) is 0. The molecule has 0 saturated carbocycles. The molecule has 0 bridgehead atoms. The summed E-state index contributed by atoms with van der Waals surface area (Å²) in [6, 6.07) is 18.0. The molecular formula is C20H12N4O2. The van der Waals surface area contributed by atoms with Crippen LogP contribution < -0.4 is 5.56 Å². The summed E-state index contributed by atoms with van der Waals surface area (Å²) in [4.78, 5) is 28.8. The molecule has 0 N–H and O–H groups in total. The van der Waals surface area contributed by atoms with Crippen LogP contribution in [0.2, 0.25) is 0 Å². The highest BCUT2D eigenvalue weighted by Gasteiger charge is 2.22. The van der Waals surface area contributed by atoms with Gasteiger partial charge in [0.2, 0.25) is 0 Å². The number of para-hydroxylation sites is 1. The second-order valence-electron chi connectivity index (χ2n) is 5.80. The molecule has 0 saturated heterocycles. The number of rotatable bonds is 2. The maximum atomic E-state index is 12.4. The van der Waals surface area contributed by atoms with Gasteiger partial charge in [-0.3, -0.25) is 9.59 Å². The Morgan fingerprint density at radius 3 is 2.46 bits per heavy atom. The molecule has 0 amide bonds. The number of nitrogens with zero attached hydrogens (tertiary/aromatic N) is 4. The molecule has 4 aromatic rings. The zero-order chi connectivity index (χ0) is 18.3. The molecule has 0 aliphatic carbocycles. The summed E-state index contributed by atoms with van der Waals surface area (Å²) in [6.07, 6.45) is 0. The quantitative estimate of drug-likeness (QED) is 0.413. The standard InChI is InChI=1S/C20H12N4O2/c1-12(25)18-17(13-7-3-2-4-8-13)15(11-21)19-22-20(26)14-9-5-6-10-16(14)24(19)23-18/h2-10H,1H3. The lowest BCUT2D eigenvalue weighted by molar-refractivity contribution is 0.101. The zero-order valence-corrected chi connectivity index (χ0v) is 13.8. The number of benzene rings is 2. The number of hydrogen-bond acceptors (Lipinski definition) is 5. The van der Waals surface area contributed by atoms with Crippen molar-refractivity contribution >= 4 is 22.3 Å². The monoisotopic (exact) mass is 340 g/mol. The largest absolute Gasteiger partial charge is 0.293 e. The number of ketones is 1. The summed E-state index contributed by atoms with van der Waals surface area (Å²) in [7, 11) is 0. The van der Waals surface area contributed by atoms with E-state index in [9.17, 15) is 14.9 Å². The Morgan fingerprint density at radius 1 is 1.08 bits per heavy atom. The van der Waals surface area contributed by atoms with E-state index in [0.29, 0.717) is 22.0 Å². The van der Waals surface area contributed by atoms with Gasteiger partial charge in [0.05, 0.1) is 10.9 Å². The minimum Gasteiger partial charge on any atom is -0.293 e. The first kappa shape index (κ1) is 15.7. The minimum absolute atomic E-state index is 0.139. The number of aromatic nitrogens is 3. The van der Waals surface area contributed by atoms with E-state index in [4.69, 9.17) is 0 Å². The third-order valence-corrected chi connectivity index (χ3v) is 4.19. The number of carbonyl (C=O) groups is 1. The van der Waals surface area contributed by atoms with Crippen LogP contribution in [0.4, 0.5) is 0 Å². The van der Waals surface area contributed by atoms with Gasteiger partial charge in [-0.25, -0.2) is 4.52 Å². The van der Waals surface area contributed by atoms with Crippen molar-refractivity contribution in [2.24, 2.45) is 0 Å². The molecule has 124 valence electrons. The van der Waals surface area contributed by atoms with E-state index in [2.05, 4.69) is 16.2 Å². The molecule has 0 radical (unpaired) electrons. The van der Waals surface area contributed by atoms with Crippen LogP contribution in [0.15, 0.2) is 59.4 Å². The first-order valence-electron chi connectivity index (χ1n) is 7.94. The lowest BCUT2D eigenvalue weighted by Gasteiger charge is -2.13. The van der Waals surface area contributed by atoms with Gasteiger partial charge >= 0.3 is 0 Å². The molecule has 26 heavy (non-hydrogen) atoms. The number of nitriles is 1. The molecule has 0 spiro atoms. The van der Waals surface area contributed by atoms with E-state index in [1.54, 1.807) is 36.4 Å².